The number of unbranched alkanes of at least 4 members (excludes halogenated alkanes) is 1. The molecule has 3 rings (SSSR count). The van der Waals surface area contributed by atoms with Crippen LogP contribution in [0.15, 0.2) is 34.8 Å². The van der Waals surface area contributed by atoms with E-state index in [0.29, 0.717) is 29.7 Å². The first-order chi connectivity index (χ1) is 12.5. The van der Waals surface area contributed by atoms with Crippen LogP contribution in [-0.4, -0.2) is 39.1 Å². The van der Waals surface area contributed by atoms with Crippen LogP contribution in [0.5, 0.6) is 11.6 Å². The Hall–Kier alpha value is -2.08. The average molecular weight is 419 g/mol. The standard InChI is InChI=1S/C20H23BrN2O3/c1-2-3-9-15-17(21)18(24)16(19(25)22-15)20(26)23-11-10-14(12-23)13-7-5-4-6-8-13/h4-8,14H,2-3,9-12H2,1H3,(H2,22,24,25)/t14-/m0/s1. The Morgan fingerprint density at radius 3 is 2.73 bits per heavy atom. The second-order valence-corrected chi connectivity index (χ2v) is 7.46. The number of halogens is 1. The highest BCUT2D eigenvalue weighted by atomic mass is 79.9. The van der Waals surface area contributed by atoms with Crippen molar-refractivity contribution in [1.29, 1.82) is 0 Å². The molecule has 1 fully saturated rings. The van der Waals surface area contributed by atoms with E-state index in [2.05, 4.69) is 40.0 Å². The highest BCUT2D eigenvalue weighted by Gasteiger charge is 2.32. The molecule has 0 saturated carbocycles. The molecule has 138 valence electrons. The summed E-state index contributed by atoms with van der Waals surface area (Å²) in [6.45, 7) is 3.21. The van der Waals surface area contributed by atoms with Crippen molar-refractivity contribution < 1.29 is 15.0 Å². The van der Waals surface area contributed by atoms with Gasteiger partial charge in [-0.05, 0) is 40.8 Å². The summed E-state index contributed by atoms with van der Waals surface area (Å²) < 4.78 is 0.394. The van der Waals surface area contributed by atoms with E-state index in [1.807, 2.05) is 18.2 Å². The molecule has 1 saturated heterocycles. The van der Waals surface area contributed by atoms with E-state index in [1.165, 1.54) is 5.56 Å². The van der Waals surface area contributed by atoms with Gasteiger partial charge in [0.15, 0.2) is 0 Å². The van der Waals surface area contributed by atoms with Crippen molar-refractivity contribution in [3.05, 3.63) is 51.6 Å². The second-order valence-electron chi connectivity index (χ2n) is 6.67. The molecule has 2 N–H and O–H groups in total. The SMILES string of the molecule is CCCCc1nc(O)c(C(=O)N2CC[C@H](c3ccccc3)C2)c(O)c1Br. The fourth-order valence-electron chi connectivity index (χ4n) is 3.39. The van der Waals surface area contributed by atoms with Gasteiger partial charge in [-0.1, -0.05) is 43.7 Å². The van der Waals surface area contributed by atoms with Crippen molar-refractivity contribution in [1.82, 2.24) is 9.88 Å². The molecule has 6 heteroatoms. The van der Waals surface area contributed by atoms with Gasteiger partial charge in [-0.2, -0.15) is 0 Å². The summed E-state index contributed by atoms with van der Waals surface area (Å²) in [6, 6.07) is 10.1. The van der Waals surface area contributed by atoms with Crippen LogP contribution in [0, 0.1) is 0 Å². The number of hydrogen-bond donors (Lipinski definition) is 2. The van der Waals surface area contributed by atoms with Gasteiger partial charge in [-0.25, -0.2) is 4.98 Å². The Balaban J connectivity index is 1.81. The van der Waals surface area contributed by atoms with E-state index in [4.69, 9.17) is 0 Å². The van der Waals surface area contributed by atoms with Crippen LogP contribution in [-0.2, 0) is 6.42 Å². The molecule has 0 unspecified atom stereocenters. The number of aromatic nitrogens is 1. The number of hydrogen-bond acceptors (Lipinski definition) is 4. The lowest BCUT2D eigenvalue weighted by atomic mass is 9.99. The maximum Gasteiger partial charge on any atom is 0.263 e. The van der Waals surface area contributed by atoms with Crippen molar-refractivity contribution in [3.8, 4) is 11.6 Å². The first-order valence-corrected chi connectivity index (χ1v) is 9.76. The van der Waals surface area contributed by atoms with Crippen molar-refractivity contribution >= 4 is 21.8 Å². The third kappa shape index (κ3) is 3.70. The Bertz CT molecular complexity index is 795. The number of amides is 1. The first kappa shape index (κ1) is 18.7. The highest BCUT2D eigenvalue weighted by molar-refractivity contribution is 9.10. The monoisotopic (exact) mass is 418 g/mol. The van der Waals surface area contributed by atoms with Crippen LogP contribution < -0.4 is 0 Å². The average Bonchev–Trinajstić information content (AvgIpc) is 3.14. The molecule has 2 aromatic rings. The number of likely N-dealkylation sites (tertiary alicyclic amines) is 1. The summed E-state index contributed by atoms with van der Waals surface area (Å²) in [5.41, 5.74) is 1.65. The summed E-state index contributed by atoms with van der Waals surface area (Å²) in [6.07, 6.45) is 3.36. The van der Waals surface area contributed by atoms with Crippen molar-refractivity contribution in [3.63, 3.8) is 0 Å². The first-order valence-electron chi connectivity index (χ1n) is 8.97. The van der Waals surface area contributed by atoms with Crippen molar-refractivity contribution in [2.75, 3.05) is 13.1 Å². The molecule has 2 heterocycles. The predicted octanol–water partition coefficient (Wildman–Crippen LogP) is 4.23. The fraction of sp³-hybridized carbons (Fsp3) is 0.400. The van der Waals surface area contributed by atoms with Gasteiger partial charge in [0.2, 0.25) is 5.88 Å². The Labute approximate surface area is 161 Å². The minimum Gasteiger partial charge on any atom is -0.506 e. The summed E-state index contributed by atoms with van der Waals surface area (Å²) in [4.78, 5) is 18.7. The quantitative estimate of drug-likeness (QED) is 0.761. The van der Waals surface area contributed by atoms with E-state index in [9.17, 15) is 15.0 Å². The van der Waals surface area contributed by atoms with Crippen LogP contribution in [0.1, 0.15) is 53.7 Å². The minimum absolute atomic E-state index is 0.120. The van der Waals surface area contributed by atoms with Gasteiger partial charge in [0.25, 0.3) is 5.91 Å². The Morgan fingerprint density at radius 2 is 2.04 bits per heavy atom. The van der Waals surface area contributed by atoms with Gasteiger partial charge in [0.05, 0.1) is 10.2 Å². The molecule has 0 radical (unpaired) electrons. The number of carbonyl (C=O) groups is 1. The molecule has 1 amide bonds. The van der Waals surface area contributed by atoms with Crippen LogP contribution >= 0.6 is 15.9 Å². The second kappa shape index (κ2) is 8.08. The number of carbonyl (C=O) groups excluding carboxylic acids is 1. The molecule has 0 spiro atoms. The van der Waals surface area contributed by atoms with E-state index in [0.717, 1.165) is 19.3 Å². The number of rotatable bonds is 5. The topological polar surface area (TPSA) is 73.7 Å². The Morgan fingerprint density at radius 1 is 1.31 bits per heavy atom. The number of aromatic hydroxyl groups is 2. The summed E-state index contributed by atoms with van der Waals surface area (Å²) >= 11 is 3.33. The highest BCUT2D eigenvalue weighted by Crippen LogP contribution is 2.38. The number of nitrogens with zero attached hydrogens (tertiary/aromatic N) is 2. The molecule has 1 aromatic heterocycles. The van der Waals surface area contributed by atoms with Crippen LogP contribution in [0.2, 0.25) is 0 Å². The Kier molecular flexibility index (Phi) is 5.81. The normalized spacial score (nSPS) is 16.8. The van der Waals surface area contributed by atoms with Gasteiger partial charge in [-0.15, -0.1) is 0 Å². The zero-order chi connectivity index (χ0) is 18.7. The zero-order valence-corrected chi connectivity index (χ0v) is 16.4. The summed E-state index contributed by atoms with van der Waals surface area (Å²) in [5, 5.41) is 20.7. The van der Waals surface area contributed by atoms with E-state index in [1.54, 1.807) is 4.90 Å². The maximum atomic E-state index is 12.9. The zero-order valence-electron chi connectivity index (χ0n) is 14.8. The summed E-state index contributed by atoms with van der Waals surface area (Å²) in [5.74, 6) is -0.736. The molecule has 26 heavy (non-hydrogen) atoms. The lowest BCUT2D eigenvalue weighted by Crippen LogP contribution is -2.29. The maximum absolute atomic E-state index is 12.9. The molecular formula is C20H23BrN2O3. The molecule has 1 atom stereocenters. The molecule has 5 nitrogen and oxygen atoms in total. The van der Waals surface area contributed by atoms with Crippen molar-refractivity contribution in [2.24, 2.45) is 0 Å². The molecule has 0 bridgehead atoms. The molecule has 1 aliphatic heterocycles. The van der Waals surface area contributed by atoms with Gasteiger partial charge in [-0.3, -0.25) is 4.79 Å². The van der Waals surface area contributed by atoms with E-state index >= 15 is 0 Å². The van der Waals surface area contributed by atoms with Crippen LogP contribution in [0.3, 0.4) is 0 Å². The lowest BCUT2D eigenvalue weighted by molar-refractivity contribution is 0.0783. The van der Waals surface area contributed by atoms with Gasteiger partial charge in [0, 0.05) is 19.0 Å². The van der Waals surface area contributed by atoms with Crippen LogP contribution in [0.4, 0.5) is 0 Å². The van der Waals surface area contributed by atoms with Crippen LogP contribution in [0.25, 0.3) is 0 Å². The van der Waals surface area contributed by atoms with Gasteiger partial charge in [0.1, 0.15) is 11.3 Å². The lowest BCUT2D eigenvalue weighted by Gasteiger charge is -2.19. The number of aryl methyl sites for hydroxylation is 1. The largest absolute Gasteiger partial charge is 0.506 e. The third-order valence-electron chi connectivity index (χ3n) is 4.89. The molecule has 0 aliphatic carbocycles. The predicted molar refractivity (Wildman–Crippen MR) is 104 cm³/mol. The third-order valence-corrected chi connectivity index (χ3v) is 5.72. The van der Waals surface area contributed by atoms with Gasteiger partial charge >= 0.3 is 0 Å². The molecule has 1 aliphatic rings. The summed E-state index contributed by atoms with van der Waals surface area (Å²) in [7, 11) is 0. The van der Waals surface area contributed by atoms with Crippen molar-refractivity contribution in [2.45, 2.75) is 38.5 Å². The van der Waals surface area contributed by atoms with E-state index in [-0.39, 0.29) is 23.1 Å². The molecular weight excluding hydrogens is 396 g/mol. The number of pyridine rings is 1. The molecule has 1 aromatic carbocycles. The number of benzene rings is 1. The van der Waals surface area contributed by atoms with E-state index < -0.39 is 5.88 Å². The minimum atomic E-state index is -0.398. The van der Waals surface area contributed by atoms with Gasteiger partial charge < -0.3 is 15.1 Å². The fourth-order valence-corrected chi connectivity index (χ4v) is 3.88. The smallest absolute Gasteiger partial charge is 0.263 e.